The molecule has 1 N–H and O–H groups in total. The summed E-state index contributed by atoms with van der Waals surface area (Å²) in [4.78, 5) is 4.44. The molecule has 3 aromatic rings. The lowest BCUT2D eigenvalue weighted by atomic mass is 9.99. The average molecular weight is 276 g/mol. The number of aromatic nitrogens is 1. The van der Waals surface area contributed by atoms with Crippen molar-refractivity contribution in [3.8, 4) is 11.1 Å². The van der Waals surface area contributed by atoms with E-state index in [-0.39, 0.29) is 0 Å². The van der Waals surface area contributed by atoms with Crippen molar-refractivity contribution in [3.63, 3.8) is 0 Å². The fourth-order valence-corrected chi connectivity index (χ4v) is 2.66. The topological polar surface area (TPSA) is 24.9 Å². The van der Waals surface area contributed by atoms with Crippen molar-refractivity contribution in [1.29, 1.82) is 0 Å². The molecule has 1 heterocycles. The highest BCUT2D eigenvalue weighted by Gasteiger charge is 2.06. The summed E-state index contributed by atoms with van der Waals surface area (Å²) in [6.07, 6.45) is 1.84. The Bertz CT molecular complexity index is 749. The summed E-state index contributed by atoms with van der Waals surface area (Å²) >= 11 is 0. The lowest BCUT2D eigenvalue weighted by Gasteiger charge is -2.14. The average Bonchev–Trinajstić information content (AvgIpc) is 2.55. The van der Waals surface area contributed by atoms with Gasteiger partial charge in [0.15, 0.2) is 0 Å². The first kappa shape index (κ1) is 13.8. The first-order valence-corrected chi connectivity index (χ1v) is 7.46. The summed E-state index contributed by atoms with van der Waals surface area (Å²) in [5.74, 6) is 0. The molecule has 0 saturated carbocycles. The maximum absolute atomic E-state index is 4.44. The normalized spacial score (nSPS) is 12.5. The predicted molar refractivity (Wildman–Crippen MR) is 89.3 cm³/mol. The van der Waals surface area contributed by atoms with Crippen LogP contribution in [0.4, 0.5) is 0 Å². The quantitative estimate of drug-likeness (QED) is 0.755. The maximum atomic E-state index is 4.44. The molecule has 0 amide bonds. The van der Waals surface area contributed by atoms with Crippen LogP contribution in [0.25, 0.3) is 22.0 Å². The lowest BCUT2D eigenvalue weighted by Crippen LogP contribution is -2.17. The van der Waals surface area contributed by atoms with Crippen molar-refractivity contribution >= 4 is 10.9 Å². The van der Waals surface area contributed by atoms with Gasteiger partial charge in [0.05, 0.1) is 5.52 Å². The molecule has 0 fully saturated rings. The Morgan fingerprint density at radius 1 is 1.00 bits per heavy atom. The first-order chi connectivity index (χ1) is 10.3. The second-order valence-corrected chi connectivity index (χ2v) is 5.32. The van der Waals surface area contributed by atoms with Crippen LogP contribution in [0.5, 0.6) is 0 Å². The Labute approximate surface area is 125 Å². The van der Waals surface area contributed by atoms with Crippen molar-refractivity contribution in [3.05, 3.63) is 66.4 Å². The zero-order valence-electron chi connectivity index (χ0n) is 12.5. The van der Waals surface area contributed by atoms with Crippen LogP contribution in [0, 0.1) is 0 Å². The molecular weight excluding hydrogens is 256 g/mol. The molecule has 21 heavy (non-hydrogen) atoms. The molecule has 0 saturated heterocycles. The standard InChI is InChI=1S/C19H20N2/c1-3-20-14(2)16-6-4-7-17(12-16)18-10-9-15-8-5-11-21-19(15)13-18/h4-14,20H,3H2,1-2H3. The zero-order chi connectivity index (χ0) is 14.7. The Morgan fingerprint density at radius 3 is 2.71 bits per heavy atom. The molecule has 2 nitrogen and oxygen atoms in total. The molecule has 106 valence electrons. The van der Waals surface area contributed by atoms with Crippen LogP contribution in [0.1, 0.15) is 25.5 Å². The number of hydrogen-bond donors (Lipinski definition) is 1. The van der Waals surface area contributed by atoms with Gasteiger partial charge in [-0.3, -0.25) is 4.98 Å². The fraction of sp³-hybridized carbons (Fsp3) is 0.211. The Morgan fingerprint density at radius 2 is 1.86 bits per heavy atom. The highest BCUT2D eigenvalue weighted by molar-refractivity contribution is 5.84. The Kier molecular flexibility index (Phi) is 3.98. The van der Waals surface area contributed by atoms with Gasteiger partial charge in [0.2, 0.25) is 0 Å². The van der Waals surface area contributed by atoms with E-state index in [1.807, 2.05) is 12.3 Å². The molecule has 3 rings (SSSR count). The molecule has 0 radical (unpaired) electrons. The third-order valence-electron chi connectivity index (χ3n) is 3.84. The van der Waals surface area contributed by atoms with E-state index >= 15 is 0 Å². The van der Waals surface area contributed by atoms with Gasteiger partial charge in [-0.25, -0.2) is 0 Å². The van der Waals surface area contributed by atoms with Crippen molar-refractivity contribution < 1.29 is 0 Å². The third-order valence-corrected chi connectivity index (χ3v) is 3.84. The van der Waals surface area contributed by atoms with Crippen molar-refractivity contribution in [2.24, 2.45) is 0 Å². The summed E-state index contributed by atoms with van der Waals surface area (Å²) in [6.45, 7) is 5.31. The highest BCUT2D eigenvalue weighted by atomic mass is 14.9. The number of benzene rings is 2. The van der Waals surface area contributed by atoms with Crippen LogP contribution in [0.15, 0.2) is 60.8 Å². The number of hydrogen-bond acceptors (Lipinski definition) is 2. The summed E-state index contributed by atoms with van der Waals surface area (Å²) < 4.78 is 0. The lowest BCUT2D eigenvalue weighted by molar-refractivity contribution is 0.598. The van der Waals surface area contributed by atoms with E-state index in [0.29, 0.717) is 6.04 Å². The van der Waals surface area contributed by atoms with Crippen LogP contribution in [-0.2, 0) is 0 Å². The summed E-state index contributed by atoms with van der Waals surface area (Å²) in [6, 6.07) is 19.6. The van der Waals surface area contributed by atoms with Gasteiger partial charge in [-0.1, -0.05) is 43.3 Å². The Balaban J connectivity index is 2.00. The molecule has 0 aliphatic rings. The number of nitrogens with one attached hydrogen (secondary N) is 1. The largest absolute Gasteiger partial charge is 0.310 e. The zero-order valence-corrected chi connectivity index (χ0v) is 12.5. The van der Waals surface area contributed by atoms with E-state index in [2.05, 4.69) is 72.7 Å². The maximum Gasteiger partial charge on any atom is 0.0708 e. The molecule has 0 aliphatic heterocycles. The van der Waals surface area contributed by atoms with Crippen molar-refractivity contribution in [2.75, 3.05) is 6.54 Å². The number of rotatable bonds is 4. The van der Waals surface area contributed by atoms with Gasteiger partial charge in [-0.05, 0) is 48.4 Å². The predicted octanol–water partition coefficient (Wildman–Crippen LogP) is 4.57. The smallest absolute Gasteiger partial charge is 0.0708 e. The van der Waals surface area contributed by atoms with E-state index in [1.165, 1.54) is 22.1 Å². The minimum absolute atomic E-state index is 0.369. The molecular formula is C19H20N2. The van der Waals surface area contributed by atoms with E-state index < -0.39 is 0 Å². The van der Waals surface area contributed by atoms with E-state index in [4.69, 9.17) is 0 Å². The molecule has 0 spiro atoms. The van der Waals surface area contributed by atoms with Crippen LogP contribution in [-0.4, -0.2) is 11.5 Å². The van der Waals surface area contributed by atoms with E-state index in [0.717, 1.165) is 12.1 Å². The summed E-state index contributed by atoms with van der Waals surface area (Å²) in [5, 5.41) is 4.64. The summed E-state index contributed by atoms with van der Waals surface area (Å²) in [5.41, 5.74) is 4.81. The molecule has 1 unspecified atom stereocenters. The minimum Gasteiger partial charge on any atom is -0.310 e. The van der Waals surface area contributed by atoms with Crippen LogP contribution in [0.2, 0.25) is 0 Å². The molecule has 1 atom stereocenters. The Hall–Kier alpha value is -2.19. The summed E-state index contributed by atoms with van der Waals surface area (Å²) in [7, 11) is 0. The van der Waals surface area contributed by atoms with Crippen molar-refractivity contribution in [1.82, 2.24) is 10.3 Å². The first-order valence-electron chi connectivity index (χ1n) is 7.46. The van der Waals surface area contributed by atoms with Gasteiger partial charge in [0, 0.05) is 17.6 Å². The molecule has 0 aliphatic carbocycles. The van der Waals surface area contributed by atoms with Crippen LogP contribution >= 0.6 is 0 Å². The van der Waals surface area contributed by atoms with Gasteiger partial charge >= 0.3 is 0 Å². The van der Waals surface area contributed by atoms with Crippen molar-refractivity contribution in [2.45, 2.75) is 19.9 Å². The van der Waals surface area contributed by atoms with Gasteiger partial charge < -0.3 is 5.32 Å². The van der Waals surface area contributed by atoms with E-state index in [9.17, 15) is 0 Å². The fourth-order valence-electron chi connectivity index (χ4n) is 2.66. The minimum atomic E-state index is 0.369. The van der Waals surface area contributed by atoms with Crippen LogP contribution in [0.3, 0.4) is 0 Å². The van der Waals surface area contributed by atoms with Gasteiger partial charge in [-0.2, -0.15) is 0 Å². The number of nitrogens with zero attached hydrogens (tertiary/aromatic N) is 1. The SMILES string of the molecule is CCNC(C)c1cccc(-c2ccc3cccnc3c2)c1. The monoisotopic (exact) mass is 276 g/mol. The third kappa shape index (κ3) is 2.96. The van der Waals surface area contributed by atoms with E-state index in [1.54, 1.807) is 0 Å². The number of fused-ring (bicyclic) bond motifs is 1. The molecule has 2 aromatic carbocycles. The van der Waals surface area contributed by atoms with Gasteiger partial charge in [0.25, 0.3) is 0 Å². The second-order valence-electron chi connectivity index (χ2n) is 5.32. The van der Waals surface area contributed by atoms with Crippen LogP contribution < -0.4 is 5.32 Å². The molecule has 2 heteroatoms. The van der Waals surface area contributed by atoms with Gasteiger partial charge in [0.1, 0.15) is 0 Å². The second kappa shape index (κ2) is 6.06. The molecule has 0 bridgehead atoms. The number of pyridine rings is 1. The highest BCUT2D eigenvalue weighted by Crippen LogP contribution is 2.25. The molecule has 1 aromatic heterocycles. The van der Waals surface area contributed by atoms with Gasteiger partial charge in [-0.15, -0.1) is 0 Å².